The van der Waals surface area contributed by atoms with Crippen LogP contribution in [0.1, 0.15) is 28.5 Å². The highest BCUT2D eigenvalue weighted by Gasteiger charge is 2.04. The highest BCUT2D eigenvalue weighted by atomic mass is 16.5. The molecule has 22 heavy (non-hydrogen) atoms. The van der Waals surface area contributed by atoms with Crippen molar-refractivity contribution in [2.75, 3.05) is 6.61 Å². The first-order valence-electron chi connectivity index (χ1n) is 6.82. The molecule has 0 fully saturated rings. The minimum atomic E-state index is -0.340. The van der Waals surface area contributed by atoms with Crippen molar-refractivity contribution in [3.63, 3.8) is 0 Å². The quantitative estimate of drug-likeness (QED) is 0.655. The lowest BCUT2D eigenvalue weighted by molar-refractivity contribution is 0.0955. The Labute approximate surface area is 128 Å². The normalized spacial score (nSPS) is 10.6. The van der Waals surface area contributed by atoms with Crippen LogP contribution in [0.4, 0.5) is 0 Å². The number of amides is 1. The van der Waals surface area contributed by atoms with E-state index in [1.165, 1.54) is 18.5 Å². The van der Waals surface area contributed by atoms with Gasteiger partial charge in [0.1, 0.15) is 0 Å². The molecule has 0 bridgehead atoms. The minimum Gasteiger partial charge on any atom is -0.504 e. The van der Waals surface area contributed by atoms with E-state index < -0.39 is 0 Å². The highest BCUT2D eigenvalue weighted by molar-refractivity contribution is 5.94. The summed E-state index contributed by atoms with van der Waals surface area (Å²) in [7, 11) is 0. The van der Waals surface area contributed by atoms with Gasteiger partial charge in [-0.3, -0.25) is 9.78 Å². The van der Waals surface area contributed by atoms with Crippen LogP contribution in [0.2, 0.25) is 0 Å². The van der Waals surface area contributed by atoms with Crippen molar-refractivity contribution < 1.29 is 14.6 Å². The first kappa shape index (κ1) is 15.5. The van der Waals surface area contributed by atoms with E-state index in [1.807, 2.05) is 13.8 Å². The number of nitrogens with one attached hydrogen (secondary N) is 1. The third-order valence-corrected chi connectivity index (χ3v) is 2.84. The van der Waals surface area contributed by atoms with Gasteiger partial charge in [-0.25, -0.2) is 5.43 Å². The Balaban J connectivity index is 2.01. The SMILES string of the molecule is CCOc1cc(C=NNC(=O)c2ccc(C)nc2)ccc1O. The summed E-state index contributed by atoms with van der Waals surface area (Å²) in [6.07, 6.45) is 2.97. The number of aromatic hydroxyl groups is 1. The lowest BCUT2D eigenvalue weighted by Gasteiger charge is -2.06. The van der Waals surface area contributed by atoms with Crippen LogP contribution in [0.3, 0.4) is 0 Å². The molecule has 0 atom stereocenters. The first-order valence-corrected chi connectivity index (χ1v) is 6.82. The molecule has 0 spiro atoms. The van der Waals surface area contributed by atoms with Gasteiger partial charge < -0.3 is 9.84 Å². The van der Waals surface area contributed by atoms with Gasteiger partial charge >= 0.3 is 0 Å². The molecular formula is C16H17N3O3. The van der Waals surface area contributed by atoms with Crippen LogP contribution < -0.4 is 10.2 Å². The van der Waals surface area contributed by atoms with E-state index in [0.29, 0.717) is 23.5 Å². The predicted molar refractivity (Wildman–Crippen MR) is 83.3 cm³/mol. The number of phenolic OH excluding ortho intramolecular Hbond substituents is 1. The van der Waals surface area contributed by atoms with Crippen molar-refractivity contribution in [3.05, 3.63) is 53.3 Å². The van der Waals surface area contributed by atoms with E-state index >= 15 is 0 Å². The summed E-state index contributed by atoms with van der Waals surface area (Å²) in [5, 5.41) is 13.5. The summed E-state index contributed by atoms with van der Waals surface area (Å²) in [4.78, 5) is 15.9. The fourth-order valence-corrected chi connectivity index (χ4v) is 1.71. The number of aromatic nitrogens is 1. The van der Waals surface area contributed by atoms with Gasteiger partial charge in [-0.05, 0) is 49.7 Å². The van der Waals surface area contributed by atoms with Gasteiger partial charge in [0.05, 0.1) is 18.4 Å². The molecule has 0 aliphatic heterocycles. The zero-order chi connectivity index (χ0) is 15.9. The number of pyridine rings is 1. The topological polar surface area (TPSA) is 83.8 Å². The molecule has 6 heteroatoms. The minimum absolute atomic E-state index is 0.0637. The molecule has 114 valence electrons. The molecule has 0 aliphatic carbocycles. The maximum Gasteiger partial charge on any atom is 0.272 e. The van der Waals surface area contributed by atoms with E-state index in [9.17, 15) is 9.90 Å². The molecule has 2 N–H and O–H groups in total. The number of hydrogen-bond acceptors (Lipinski definition) is 5. The second-order valence-corrected chi connectivity index (χ2v) is 4.55. The third kappa shape index (κ3) is 4.05. The van der Waals surface area contributed by atoms with Gasteiger partial charge in [0, 0.05) is 11.9 Å². The molecule has 6 nitrogen and oxygen atoms in total. The number of carbonyl (C=O) groups is 1. The van der Waals surface area contributed by atoms with Crippen LogP contribution >= 0.6 is 0 Å². The van der Waals surface area contributed by atoms with Crippen molar-refractivity contribution in [1.29, 1.82) is 0 Å². The van der Waals surface area contributed by atoms with Crippen molar-refractivity contribution in [1.82, 2.24) is 10.4 Å². The Morgan fingerprint density at radius 3 is 2.91 bits per heavy atom. The van der Waals surface area contributed by atoms with Gasteiger partial charge in [0.25, 0.3) is 5.91 Å². The monoisotopic (exact) mass is 299 g/mol. The molecule has 1 heterocycles. The highest BCUT2D eigenvalue weighted by Crippen LogP contribution is 2.26. The molecule has 2 rings (SSSR count). The Morgan fingerprint density at radius 2 is 2.23 bits per heavy atom. The van der Waals surface area contributed by atoms with E-state index in [4.69, 9.17) is 4.74 Å². The van der Waals surface area contributed by atoms with Crippen molar-refractivity contribution in [3.8, 4) is 11.5 Å². The number of carbonyl (C=O) groups excluding carboxylic acids is 1. The Hall–Kier alpha value is -2.89. The van der Waals surface area contributed by atoms with Gasteiger partial charge in [-0.1, -0.05) is 0 Å². The van der Waals surface area contributed by atoms with Crippen LogP contribution in [-0.4, -0.2) is 28.8 Å². The molecular weight excluding hydrogens is 282 g/mol. The second kappa shape index (κ2) is 7.21. The zero-order valence-corrected chi connectivity index (χ0v) is 12.4. The molecule has 0 aliphatic rings. The number of ether oxygens (including phenoxy) is 1. The molecule has 0 saturated heterocycles. The third-order valence-electron chi connectivity index (χ3n) is 2.84. The summed E-state index contributed by atoms with van der Waals surface area (Å²) >= 11 is 0. The maximum atomic E-state index is 11.8. The Kier molecular flexibility index (Phi) is 5.08. The summed E-state index contributed by atoms with van der Waals surface area (Å²) in [6.45, 7) is 4.13. The predicted octanol–water partition coefficient (Wildman–Crippen LogP) is 2.26. The van der Waals surface area contributed by atoms with Gasteiger partial charge in [-0.15, -0.1) is 0 Å². The zero-order valence-electron chi connectivity index (χ0n) is 12.4. The molecule has 2 aromatic rings. The molecule has 0 radical (unpaired) electrons. The Bertz CT molecular complexity index is 682. The van der Waals surface area contributed by atoms with Gasteiger partial charge in [0.15, 0.2) is 11.5 Å². The van der Waals surface area contributed by atoms with E-state index in [0.717, 1.165) is 5.69 Å². The molecule has 0 saturated carbocycles. The van der Waals surface area contributed by atoms with Crippen LogP contribution in [0.25, 0.3) is 0 Å². The molecule has 1 aromatic carbocycles. The number of aryl methyl sites for hydroxylation is 1. The van der Waals surface area contributed by atoms with Crippen LogP contribution in [-0.2, 0) is 0 Å². The fourth-order valence-electron chi connectivity index (χ4n) is 1.71. The fraction of sp³-hybridized carbons (Fsp3) is 0.188. The van der Waals surface area contributed by atoms with Crippen LogP contribution in [0.5, 0.6) is 11.5 Å². The lowest BCUT2D eigenvalue weighted by Crippen LogP contribution is -2.17. The van der Waals surface area contributed by atoms with E-state index in [2.05, 4.69) is 15.5 Å². The van der Waals surface area contributed by atoms with Crippen molar-refractivity contribution in [2.45, 2.75) is 13.8 Å². The Morgan fingerprint density at radius 1 is 1.41 bits per heavy atom. The standard InChI is InChI=1S/C16H17N3O3/c1-3-22-15-8-12(5-7-14(15)20)9-18-19-16(21)13-6-4-11(2)17-10-13/h4-10,20H,3H2,1-2H3,(H,19,21). The largest absolute Gasteiger partial charge is 0.504 e. The average Bonchev–Trinajstić information content (AvgIpc) is 2.51. The smallest absolute Gasteiger partial charge is 0.272 e. The number of phenols is 1. The number of rotatable bonds is 5. The van der Waals surface area contributed by atoms with Gasteiger partial charge in [0.2, 0.25) is 0 Å². The number of nitrogens with zero attached hydrogens (tertiary/aromatic N) is 2. The number of benzene rings is 1. The lowest BCUT2D eigenvalue weighted by atomic mass is 10.2. The molecule has 1 amide bonds. The first-order chi connectivity index (χ1) is 10.6. The number of hydrazone groups is 1. The molecule has 1 aromatic heterocycles. The average molecular weight is 299 g/mol. The molecule has 0 unspecified atom stereocenters. The maximum absolute atomic E-state index is 11.8. The number of hydrogen-bond donors (Lipinski definition) is 2. The summed E-state index contributed by atoms with van der Waals surface area (Å²) in [5.41, 5.74) is 4.39. The van der Waals surface area contributed by atoms with E-state index in [1.54, 1.807) is 24.3 Å². The summed E-state index contributed by atoms with van der Waals surface area (Å²) in [6, 6.07) is 8.26. The second-order valence-electron chi connectivity index (χ2n) is 4.55. The van der Waals surface area contributed by atoms with Crippen molar-refractivity contribution >= 4 is 12.1 Å². The van der Waals surface area contributed by atoms with Gasteiger partial charge in [-0.2, -0.15) is 5.10 Å². The van der Waals surface area contributed by atoms with Crippen LogP contribution in [0.15, 0.2) is 41.6 Å². The van der Waals surface area contributed by atoms with Crippen molar-refractivity contribution in [2.24, 2.45) is 5.10 Å². The van der Waals surface area contributed by atoms with E-state index in [-0.39, 0.29) is 11.7 Å². The summed E-state index contributed by atoms with van der Waals surface area (Å²) in [5.74, 6) is 0.0989. The van der Waals surface area contributed by atoms with Crippen LogP contribution in [0, 0.1) is 6.92 Å². The summed E-state index contributed by atoms with van der Waals surface area (Å²) < 4.78 is 5.28.